The van der Waals surface area contributed by atoms with Gasteiger partial charge in [-0.1, -0.05) is 0 Å². The molecule has 0 radical (unpaired) electrons. The Bertz CT molecular complexity index is 397. The van der Waals surface area contributed by atoms with Gasteiger partial charge in [0.05, 0.1) is 0 Å². The second-order valence-corrected chi connectivity index (χ2v) is 5.45. The Kier molecular flexibility index (Phi) is 5.50. The highest BCUT2D eigenvalue weighted by molar-refractivity contribution is 7.85. The highest BCUT2D eigenvalue weighted by Crippen LogP contribution is 2.08. The molecule has 18 heavy (non-hydrogen) atoms. The van der Waals surface area contributed by atoms with Crippen LogP contribution in [0.5, 0.6) is 0 Å². The van der Waals surface area contributed by atoms with Gasteiger partial charge in [-0.3, -0.25) is 14.3 Å². The smallest absolute Gasteiger partial charge is 0.328 e. The molecule has 3 amide bonds. The van der Waals surface area contributed by atoms with Gasteiger partial charge in [-0.05, 0) is 12.8 Å². The minimum absolute atomic E-state index is 0.0982. The van der Waals surface area contributed by atoms with Gasteiger partial charge in [0.1, 0.15) is 0 Å². The van der Waals surface area contributed by atoms with E-state index in [2.05, 4.69) is 5.32 Å². The Morgan fingerprint density at radius 1 is 1.17 bits per heavy atom. The lowest BCUT2D eigenvalue weighted by atomic mass is 10.2. The molecule has 1 rings (SSSR count). The van der Waals surface area contributed by atoms with E-state index in [0.717, 1.165) is 6.08 Å². The average Bonchev–Trinajstić information content (AvgIpc) is 2.29. The van der Waals surface area contributed by atoms with Gasteiger partial charge in [-0.15, -0.1) is 0 Å². The summed E-state index contributed by atoms with van der Waals surface area (Å²) < 4.78 is 11.1. The number of hydrogen-bond acceptors (Lipinski definition) is 4. The second kappa shape index (κ2) is 6.90. The number of amides is 3. The van der Waals surface area contributed by atoms with E-state index in [0.29, 0.717) is 30.4 Å². The molecule has 0 aliphatic carbocycles. The van der Waals surface area contributed by atoms with Gasteiger partial charge in [0, 0.05) is 40.5 Å². The van der Waals surface area contributed by atoms with Crippen LogP contribution >= 0.6 is 0 Å². The van der Waals surface area contributed by atoms with Crippen molar-refractivity contribution in [3.8, 4) is 0 Å². The van der Waals surface area contributed by atoms with Gasteiger partial charge in [0.25, 0.3) is 5.91 Å². The van der Waals surface area contributed by atoms with E-state index in [4.69, 9.17) is 5.11 Å². The molecule has 1 saturated heterocycles. The van der Waals surface area contributed by atoms with E-state index in [-0.39, 0.29) is 6.04 Å². The number of carbonyl (C=O) groups is 3. The lowest BCUT2D eigenvalue weighted by molar-refractivity contribution is -0.131. The fourth-order valence-corrected chi connectivity index (χ4v) is 2.76. The molecule has 3 N–H and O–H groups in total. The van der Waals surface area contributed by atoms with Crippen LogP contribution in [-0.4, -0.2) is 44.8 Å². The summed E-state index contributed by atoms with van der Waals surface area (Å²) in [6, 6.07) is -0.772. The maximum atomic E-state index is 11.3. The molecule has 1 fully saturated rings. The van der Waals surface area contributed by atoms with E-state index in [1.165, 1.54) is 0 Å². The third-order valence-electron chi connectivity index (χ3n) is 2.34. The summed E-state index contributed by atoms with van der Waals surface area (Å²) in [5.74, 6) is -0.982. The van der Waals surface area contributed by atoms with Crippen molar-refractivity contribution < 1.29 is 23.7 Å². The number of aliphatic carboxylic acids is 1. The molecule has 0 saturated carbocycles. The Morgan fingerprint density at radius 3 is 2.33 bits per heavy atom. The van der Waals surface area contributed by atoms with Crippen molar-refractivity contribution in [2.24, 2.45) is 0 Å². The Labute approximate surface area is 106 Å². The minimum Gasteiger partial charge on any atom is -0.478 e. The predicted octanol–water partition coefficient (Wildman–Crippen LogP) is -0.636. The quantitative estimate of drug-likeness (QED) is 0.593. The highest BCUT2D eigenvalue weighted by Gasteiger charge is 2.19. The summed E-state index contributed by atoms with van der Waals surface area (Å²) in [5, 5.41) is 12.8. The number of urea groups is 1. The Hall–Kier alpha value is -1.70. The molecule has 100 valence electrons. The Morgan fingerprint density at radius 2 is 1.78 bits per heavy atom. The largest absolute Gasteiger partial charge is 0.478 e. The third-order valence-corrected chi connectivity index (χ3v) is 3.72. The zero-order valence-electron chi connectivity index (χ0n) is 9.55. The van der Waals surface area contributed by atoms with Crippen LogP contribution in [0.2, 0.25) is 0 Å². The lowest BCUT2D eigenvalue weighted by Gasteiger charge is -2.22. The summed E-state index contributed by atoms with van der Waals surface area (Å²) in [7, 11) is -0.810. The number of hydrogen-bond donors (Lipinski definition) is 3. The first-order valence-electron chi connectivity index (χ1n) is 5.35. The molecule has 1 aliphatic rings. The van der Waals surface area contributed by atoms with E-state index >= 15 is 0 Å². The van der Waals surface area contributed by atoms with Crippen LogP contribution in [0.3, 0.4) is 0 Å². The highest BCUT2D eigenvalue weighted by atomic mass is 32.2. The molecule has 0 unspecified atom stereocenters. The summed E-state index contributed by atoms with van der Waals surface area (Å²) in [6.45, 7) is 0. The maximum Gasteiger partial charge on any atom is 0.328 e. The summed E-state index contributed by atoms with van der Waals surface area (Å²) in [5.41, 5.74) is 0. The number of nitrogens with one attached hydrogen (secondary N) is 2. The monoisotopic (exact) mass is 274 g/mol. The van der Waals surface area contributed by atoms with E-state index < -0.39 is 28.7 Å². The van der Waals surface area contributed by atoms with Crippen LogP contribution in [0.1, 0.15) is 12.8 Å². The maximum absolute atomic E-state index is 11.3. The fraction of sp³-hybridized carbons (Fsp3) is 0.500. The van der Waals surface area contributed by atoms with Crippen molar-refractivity contribution in [2.45, 2.75) is 18.9 Å². The molecular weight excluding hydrogens is 260 g/mol. The third kappa shape index (κ3) is 5.58. The van der Waals surface area contributed by atoms with Crippen LogP contribution in [0.4, 0.5) is 4.79 Å². The normalized spacial score (nSPS) is 23.6. The van der Waals surface area contributed by atoms with Crippen molar-refractivity contribution in [3.63, 3.8) is 0 Å². The van der Waals surface area contributed by atoms with Crippen molar-refractivity contribution in [1.29, 1.82) is 0 Å². The Balaban J connectivity index is 2.31. The van der Waals surface area contributed by atoms with Crippen molar-refractivity contribution in [2.75, 3.05) is 11.5 Å². The van der Waals surface area contributed by atoms with Crippen LogP contribution < -0.4 is 10.6 Å². The standard InChI is InChI=1S/C10H14N2O5S/c13-8(1-2-9(14)15)12-10(16)11-7-3-5-18(17)6-4-7/h1-2,7H,3-6H2,(H,14,15)(H2,11,12,13,16)/b2-1+. The molecule has 7 nitrogen and oxygen atoms in total. The lowest BCUT2D eigenvalue weighted by Crippen LogP contribution is -2.46. The predicted molar refractivity (Wildman–Crippen MR) is 64.3 cm³/mol. The van der Waals surface area contributed by atoms with Gasteiger partial charge < -0.3 is 10.4 Å². The topological polar surface area (TPSA) is 113 Å². The number of carboxylic acids is 1. The molecule has 0 bridgehead atoms. The van der Waals surface area contributed by atoms with E-state index in [1.54, 1.807) is 0 Å². The molecule has 1 heterocycles. The SMILES string of the molecule is O=C(O)/C=C/C(=O)NC(=O)NC1CCS(=O)CC1. The number of carbonyl (C=O) groups excluding carboxylic acids is 2. The first-order valence-corrected chi connectivity index (χ1v) is 6.83. The van der Waals surface area contributed by atoms with Crippen LogP contribution in [-0.2, 0) is 20.4 Å². The van der Waals surface area contributed by atoms with Gasteiger partial charge in [0.15, 0.2) is 0 Å². The molecule has 0 aromatic heterocycles. The van der Waals surface area contributed by atoms with Crippen LogP contribution in [0, 0.1) is 0 Å². The van der Waals surface area contributed by atoms with Crippen LogP contribution in [0.15, 0.2) is 12.2 Å². The molecule has 0 atom stereocenters. The fourth-order valence-electron chi connectivity index (χ4n) is 1.46. The summed E-state index contributed by atoms with van der Waals surface area (Å²) in [4.78, 5) is 32.6. The molecule has 0 aromatic carbocycles. The first-order chi connectivity index (χ1) is 8.47. The number of rotatable bonds is 3. The number of carboxylic acid groups (broad SMARTS) is 1. The van der Waals surface area contributed by atoms with Crippen molar-refractivity contribution >= 4 is 28.7 Å². The minimum atomic E-state index is -1.26. The summed E-state index contributed by atoms with van der Waals surface area (Å²) in [6.07, 6.45) is 2.63. The summed E-state index contributed by atoms with van der Waals surface area (Å²) >= 11 is 0. The van der Waals surface area contributed by atoms with Crippen molar-refractivity contribution in [3.05, 3.63) is 12.2 Å². The number of imide groups is 1. The zero-order chi connectivity index (χ0) is 13.5. The first kappa shape index (κ1) is 14.4. The van der Waals surface area contributed by atoms with E-state index in [9.17, 15) is 18.6 Å². The van der Waals surface area contributed by atoms with E-state index in [1.807, 2.05) is 5.32 Å². The van der Waals surface area contributed by atoms with Crippen LogP contribution in [0.25, 0.3) is 0 Å². The molecule has 0 spiro atoms. The zero-order valence-corrected chi connectivity index (χ0v) is 10.4. The molecule has 1 aliphatic heterocycles. The van der Waals surface area contributed by atoms with Gasteiger partial charge in [-0.25, -0.2) is 9.59 Å². The average molecular weight is 274 g/mol. The molecular formula is C10H14N2O5S. The van der Waals surface area contributed by atoms with Gasteiger partial charge >= 0.3 is 12.0 Å². The molecule has 0 aromatic rings. The molecule has 8 heteroatoms. The second-order valence-electron chi connectivity index (χ2n) is 3.76. The van der Waals surface area contributed by atoms with Gasteiger partial charge in [0.2, 0.25) is 0 Å². The van der Waals surface area contributed by atoms with Crippen molar-refractivity contribution in [1.82, 2.24) is 10.6 Å². The van der Waals surface area contributed by atoms with Gasteiger partial charge in [-0.2, -0.15) is 0 Å².